The van der Waals surface area contributed by atoms with E-state index in [9.17, 15) is 8.42 Å². The third-order valence-corrected chi connectivity index (χ3v) is 7.84. The van der Waals surface area contributed by atoms with Gasteiger partial charge in [-0.25, -0.2) is 12.7 Å². The van der Waals surface area contributed by atoms with E-state index in [0.29, 0.717) is 25.6 Å². The van der Waals surface area contributed by atoms with Crippen molar-refractivity contribution in [1.82, 2.24) is 8.87 Å². The van der Waals surface area contributed by atoms with Gasteiger partial charge in [0.25, 0.3) is 0 Å². The average Bonchev–Trinajstić information content (AvgIpc) is 3.17. The first kappa shape index (κ1) is 23.4. The Bertz CT molecular complexity index is 1240. The lowest BCUT2D eigenvalue weighted by atomic mass is 9.91. The van der Waals surface area contributed by atoms with Gasteiger partial charge in [-0.05, 0) is 80.3 Å². The van der Waals surface area contributed by atoms with Gasteiger partial charge in [-0.2, -0.15) is 0 Å². The summed E-state index contributed by atoms with van der Waals surface area (Å²) in [6.07, 6.45) is 5.36. The minimum Gasteiger partial charge on any atom is -0.374 e. The zero-order valence-corrected chi connectivity index (χ0v) is 20.4. The molecule has 0 spiro atoms. The molecule has 0 unspecified atom stereocenters. The molecular formula is C27H33N3O2S. The van der Waals surface area contributed by atoms with E-state index in [1.165, 1.54) is 22.7 Å². The zero-order valence-electron chi connectivity index (χ0n) is 19.5. The summed E-state index contributed by atoms with van der Waals surface area (Å²) in [5.41, 5.74) is 4.69. The first-order valence-corrected chi connectivity index (χ1v) is 13.6. The number of piperidine rings is 1. The second-order valence-corrected chi connectivity index (χ2v) is 10.8. The van der Waals surface area contributed by atoms with Gasteiger partial charge in [0.2, 0.25) is 10.0 Å². The second-order valence-electron chi connectivity index (χ2n) is 8.83. The van der Waals surface area contributed by atoms with Crippen LogP contribution >= 0.6 is 0 Å². The zero-order chi connectivity index (χ0) is 23.3. The first-order chi connectivity index (χ1) is 15.9. The molecule has 2 heterocycles. The van der Waals surface area contributed by atoms with Crippen molar-refractivity contribution in [2.75, 3.05) is 31.2 Å². The molecule has 174 valence electrons. The molecule has 3 aromatic rings. The van der Waals surface area contributed by atoms with E-state index in [1.807, 2.05) is 30.3 Å². The molecule has 1 N–H and O–H groups in total. The van der Waals surface area contributed by atoms with Crippen molar-refractivity contribution in [2.45, 2.75) is 39.2 Å². The van der Waals surface area contributed by atoms with Gasteiger partial charge in [0, 0.05) is 36.2 Å². The van der Waals surface area contributed by atoms with Crippen LogP contribution in [0.15, 0.2) is 54.6 Å². The molecule has 2 aromatic carbocycles. The van der Waals surface area contributed by atoms with Crippen molar-refractivity contribution in [2.24, 2.45) is 5.92 Å². The molecule has 0 bridgehead atoms. The van der Waals surface area contributed by atoms with Crippen LogP contribution < -0.4 is 5.32 Å². The van der Waals surface area contributed by atoms with E-state index in [-0.39, 0.29) is 0 Å². The van der Waals surface area contributed by atoms with Crippen molar-refractivity contribution in [3.63, 3.8) is 0 Å². The number of hydrogen-bond acceptors (Lipinski definition) is 3. The highest BCUT2D eigenvalue weighted by atomic mass is 32.2. The summed E-state index contributed by atoms with van der Waals surface area (Å²) in [5.74, 6) is 7.19. The topological polar surface area (TPSA) is 54.3 Å². The van der Waals surface area contributed by atoms with E-state index in [1.54, 1.807) is 4.31 Å². The minimum absolute atomic E-state index is 0.595. The minimum atomic E-state index is -3.05. The van der Waals surface area contributed by atoms with Crippen LogP contribution in [0.1, 0.15) is 37.4 Å². The lowest BCUT2D eigenvalue weighted by molar-refractivity contribution is 0.265. The normalized spacial score (nSPS) is 15.3. The van der Waals surface area contributed by atoms with Gasteiger partial charge in [-0.3, -0.25) is 0 Å². The SMILES string of the molecule is CCn1c(C#CCNc2ccccc2)cc2cc(CCC3CCN(S(C)(=O)=O)CC3)ccc21. The predicted octanol–water partition coefficient (Wildman–Crippen LogP) is 4.73. The molecule has 1 aromatic heterocycles. The fourth-order valence-corrected chi connectivity index (χ4v) is 5.53. The number of aryl methyl sites for hydroxylation is 2. The number of anilines is 1. The molecule has 0 amide bonds. The number of nitrogens with zero attached hydrogens (tertiary/aromatic N) is 2. The molecule has 33 heavy (non-hydrogen) atoms. The monoisotopic (exact) mass is 463 g/mol. The van der Waals surface area contributed by atoms with Crippen molar-refractivity contribution in [3.05, 3.63) is 65.9 Å². The number of benzene rings is 2. The fourth-order valence-electron chi connectivity index (χ4n) is 4.66. The molecule has 0 atom stereocenters. The van der Waals surface area contributed by atoms with E-state index >= 15 is 0 Å². The van der Waals surface area contributed by atoms with Gasteiger partial charge in [0.1, 0.15) is 0 Å². The molecule has 4 rings (SSSR count). The standard InChI is InChI=1S/C27H33N3O2S/c1-3-30-26(10-7-17-28-25-8-5-4-6-9-25)21-24-20-23(13-14-27(24)30)12-11-22-15-18-29(19-16-22)33(2,31)32/h4-6,8-9,13-14,20-22,28H,3,11-12,15-19H2,1-2H3. The molecular weight excluding hydrogens is 430 g/mol. The number of nitrogens with one attached hydrogen (secondary N) is 1. The molecule has 6 heteroatoms. The molecule has 5 nitrogen and oxygen atoms in total. The van der Waals surface area contributed by atoms with Crippen LogP contribution in [0.25, 0.3) is 10.9 Å². The maximum absolute atomic E-state index is 11.7. The van der Waals surface area contributed by atoms with E-state index < -0.39 is 10.0 Å². The third kappa shape index (κ3) is 5.98. The lowest BCUT2D eigenvalue weighted by Gasteiger charge is -2.30. The molecule has 0 aliphatic carbocycles. The largest absolute Gasteiger partial charge is 0.374 e. The lowest BCUT2D eigenvalue weighted by Crippen LogP contribution is -2.37. The van der Waals surface area contributed by atoms with Gasteiger partial charge in [-0.1, -0.05) is 30.2 Å². The predicted molar refractivity (Wildman–Crippen MR) is 137 cm³/mol. The Labute approximate surface area is 197 Å². The van der Waals surface area contributed by atoms with Crippen LogP contribution in [0.5, 0.6) is 0 Å². The second kappa shape index (κ2) is 10.5. The first-order valence-electron chi connectivity index (χ1n) is 11.8. The van der Waals surface area contributed by atoms with Crippen molar-refractivity contribution < 1.29 is 8.42 Å². The van der Waals surface area contributed by atoms with Gasteiger partial charge < -0.3 is 9.88 Å². The van der Waals surface area contributed by atoms with Crippen LogP contribution in [0.2, 0.25) is 0 Å². The summed E-state index contributed by atoms with van der Waals surface area (Å²) in [6.45, 7) is 4.96. The van der Waals surface area contributed by atoms with Crippen LogP contribution in [0, 0.1) is 17.8 Å². The van der Waals surface area contributed by atoms with Crippen LogP contribution in [0.4, 0.5) is 5.69 Å². The summed E-state index contributed by atoms with van der Waals surface area (Å²) in [4.78, 5) is 0. The maximum atomic E-state index is 11.7. The van der Waals surface area contributed by atoms with E-state index in [0.717, 1.165) is 43.6 Å². The highest BCUT2D eigenvalue weighted by Gasteiger charge is 2.24. The Hall–Kier alpha value is -2.75. The quantitative estimate of drug-likeness (QED) is 0.516. The van der Waals surface area contributed by atoms with Crippen LogP contribution in [-0.4, -0.2) is 43.2 Å². The van der Waals surface area contributed by atoms with Crippen molar-refractivity contribution >= 4 is 26.6 Å². The smallest absolute Gasteiger partial charge is 0.211 e. The molecule has 0 radical (unpaired) electrons. The van der Waals surface area contributed by atoms with Gasteiger partial charge in [0.05, 0.1) is 18.5 Å². The number of rotatable bonds is 7. The van der Waals surface area contributed by atoms with Gasteiger partial charge in [0.15, 0.2) is 0 Å². The summed E-state index contributed by atoms with van der Waals surface area (Å²) in [5, 5.41) is 4.57. The van der Waals surface area contributed by atoms with Crippen LogP contribution in [0.3, 0.4) is 0 Å². The Morgan fingerprint density at radius 3 is 2.52 bits per heavy atom. The number of hydrogen-bond donors (Lipinski definition) is 1. The molecule has 1 saturated heterocycles. The number of fused-ring (bicyclic) bond motifs is 1. The summed E-state index contributed by atoms with van der Waals surface area (Å²) < 4.78 is 27.3. The van der Waals surface area contributed by atoms with Crippen molar-refractivity contribution in [1.29, 1.82) is 0 Å². The fraction of sp³-hybridized carbons (Fsp3) is 0.407. The van der Waals surface area contributed by atoms with E-state index in [2.05, 4.69) is 52.9 Å². The molecule has 0 saturated carbocycles. The Kier molecular flexibility index (Phi) is 7.42. The number of para-hydroxylation sites is 1. The van der Waals surface area contributed by atoms with Crippen LogP contribution in [-0.2, 0) is 23.0 Å². The number of aromatic nitrogens is 1. The van der Waals surface area contributed by atoms with Gasteiger partial charge in [-0.15, -0.1) is 0 Å². The Morgan fingerprint density at radius 1 is 1.06 bits per heavy atom. The summed E-state index contributed by atoms with van der Waals surface area (Å²) in [6, 6.07) is 19.1. The van der Waals surface area contributed by atoms with Crippen molar-refractivity contribution in [3.8, 4) is 11.8 Å². The average molecular weight is 464 g/mol. The molecule has 1 fully saturated rings. The molecule has 1 aliphatic rings. The third-order valence-electron chi connectivity index (χ3n) is 6.54. The Balaban J connectivity index is 1.38. The van der Waals surface area contributed by atoms with Gasteiger partial charge >= 0.3 is 0 Å². The maximum Gasteiger partial charge on any atom is 0.211 e. The summed E-state index contributed by atoms with van der Waals surface area (Å²) in [7, 11) is -3.05. The summed E-state index contributed by atoms with van der Waals surface area (Å²) >= 11 is 0. The highest BCUT2D eigenvalue weighted by molar-refractivity contribution is 7.88. The number of sulfonamides is 1. The highest BCUT2D eigenvalue weighted by Crippen LogP contribution is 2.26. The molecule has 1 aliphatic heterocycles. The Morgan fingerprint density at radius 2 is 1.82 bits per heavy atom. The van der Waals surface area contributed by atoms with E-state index in [4.69, 9.17) is 0 Å².